The number of hydrogen-bond acceptors (Lipinski definition) is 2. The van der Waals surface area contributed by atoms with Gasteiger partial charge in [-0.15, -0.1) is 0 Å². The molecule has 0 spiro atoms. The Kier molecular flexibility index (Phi) is 2.01. The molecule has 0 bridgehead atoms. The monoisotopic (exact) mass is 158 g/mol. The van der Waals surface area contributed by atoms with Crippen LogP contribution in [0.4, 0.5) is 0 Å². The van der Waals surface area contributed by atoms with Crippen LogP contribution in [0.25, 0.3) is 0 Å². The van der Waals surface area contributed by atoms with E-state index in [-0.39, 0.29) is 5.60 Å². The molecule has 2 heteroatoms. The van der Waals surface area contributed by atoms with Crippen LogP contribution >= 0.6 is 0 Å². The molecule has 1 saturated carbocycles. The van der Waals surface area contributed by atoms with Crippen molar-refractivity contribution >= 4 is 0 Å². The van der Waals surface area contributed by atoms with Gasteiger partial charge in [0.05, 0.1) is 11.2 Å². The SMILES string of the molecule is COC(C)(C)CC1(O)CC1C. The molecule has 2 atom stereocenters. The first-order valence-electron chi connectivity index (χ1n) is 4.17. The number of methoxy groups -OCH3 is 1. The first-order valence-corrected chi connectivity index (χ1v) is 4.17. The predicted octanol–water partition coefficient (Wildman–Crippen LogP) is 1.57. The maximum Gasteiger partial charge on any atom is 0.0705 e. The van der Waals surface area contributed by atoms with Crippen molar-refractivity contribution in [2.75, 3.05) is 7.11 Å². The summed E-state index contributed by atoms with van der Waals surface area (Å²) in [5.74, 6) is 0.455. The molecular weight excluding hydrogens is 140 g/mol. The van der Waals surface area contributed by atoms with Gasteiger partial charge in [0.2, 0.25) is 0 Å². The highest BCUT2D eigenvalue weighted by Crippen LogP contribution is 2.48. The molecule has 1 aliphatic carbocycles. The van der Waals surface area contributed by atoms with Crippen molar-refractivity contribution in [3.05, 3.63) is 0 Å². The summed E-state index contributed by atoms with van der Waals surface area (Å²) in [6.07, 6.45) is 1.68. The molecule has 0 aliphatic heterocycles. The van der Waals surface area contributed by atoms with Crippen LogP contribution in [0.15, 0.2) is 0 Å². The zero-order chi connectivity index (χ0) is 8.70. The third-order valence-corrected chi connectivity index (χ3v) is 2.70. The van der Waals surface area contributed by atoms with Crippen molar-refractivity contribution < 1.29 is 9.84 Å². The number of rotatable bonds is 3. The van der Waals surface area contributed by atoms with Crippen molar-refractivity contribution in [2.45, 2.75) is 44.8 Å². The fraction of sp³-hybridized carbons (Fsp3) is 1.00. The number of hydrogen-bond donors (Lipinski definition) is 1. The van der Waals surface area contributed by atoms with Crippen LogP contribution in [-0.4, -0.2) is 23.4 Å². The van der Waals surface area contributed by atoms with Gasteiger partial charge in [-0.25, -0.2) is 0 Å². The molecule has 2 nitrogen and oxygen atoms in total. The molecule has 0 aromatic carbocycles. The lowest BCUT2D eigenvalue weighted by Crippen LogP contribution is -2.30. The van der Waals surface area contributed by atoms with Crippen molar-refractivity contribution in [1.29, 1.82) is 0 Å². The van der Waals surface area contributed by atoms with Crippen molar-refractivity contribution in [3.63, 3.8) is 0 Å². The summed E-state index contributed by atoms with van der Waals surface area (Å²) in [7, 11) is 1.69. The molecule has 2 unspecified atom stereocenters. The summed E-state index contributed by atoms with van der Waals surface area (Å²) in [5.41, 5.74) is -0.612. The average molecular weight is 158 g/mol. The zero-order valence-electron chi connectivity index (χ0n) is 7.85. The highest BCUT2D eigenvalue weighted by atomic mass is 16.5. The third kappa shape index (κ3) is 1.94. The summed E-state index contributed by atoms with van der Waals surface area (Å²) in [6, 6.07) is 0. The highest BCUT2D eigenvalue weighted by molar-refractivity contribution is 5.03. The van der Waals surface area contributed by atoms with E-state index >= 15 is 0 Å². The topological polar surface area (TPSA) is 29.5 Å². The highest BCUT2D eigenvalue weighted by Gasteiger charge is 2.52. The maximum absolute atomic E-state index is 9.78. The number of aliphatic hydroxyl groups is 1. The Morgan fingerprint density at radius 1 is 1.64 bits per heavy atom. The molecule has 0 heterocycles. The smallest absolute Gasteiger partial charge is 0.0705 e. The molecule has 0 amide bonds. The van der Waals surface area contributed by atoms with Crippen LogP contribution in [0.1, 0.15) is 33.6 Å². The normalized spacial score (nSPS) is 37.4. The fourth-order valence-electron chi connectivity index (χ4n) is 1.53. The molecule has 0 aromatic rings. The Hall–Kier alpha value is -0.0800. The minimum Gasteiger partial charge on any atom is -0.389 e. The molecule has 1 rings (SSSR count). The Labute approximate surface area is 68.6 Å². The van der Waals surface area contributed by atoms with Gasteiger partial charge in [0.25, 0.3) is 0 Å². The molecule has 1 N–H and O–H groups in total. The van der Waals surface area contributed by atoms with Crippen molar-refractivity contribution in [1.82, 2.24) is 0 Å². The van der Waals surface area contributed by atoms with E-state index in [0.717, 1.165) is 12.8 Å². The molecule has 1 aliphatic rings. The van der Waals surface area contributed by atoms with Gasteiger partial charge in [0.15, 0.2) is 0 Å². The summed E-state index contributed by atoms with van der Waals surface area (Å²) in [5, 5.41) is 9.78. The lowest BCUT2D eigenvalue weighted by Gasteiger charge is -2.26. The average Bonchev–Trinajstić information content (AvgIpc) is 2.39. The molecule has 11 heavy (non-hydrogen) atoms. The van der Waals surface area contributed by atoms with Gasteiger partial charge in [-0.2, -0.15) is 0 Å². The summed E-state index contributed by atoms with van der Waals surface area (Å²) < 4.78 is 5.24. The van der Waals surface area contributed by atoms with E-state index in [0.29, 0.717) is 5.92 Å². The van der Waals surface area contributed by atoms with Gasteiger partial charge >= 0.3 is 0 Å². The summed E-state index contributed by atoms with van der Waals surface area (Å²) >= 11 is 0. The van der Waals surface area contributed by atoms with Gasteiger partial charge in [-0.05, 0) is 26.2 Å². The van der Waals surface area contributed by atoms with Crippen LogP contribution in [0.2, 0.25) is 0 Å². The molecule has 0 saturated heterocycles. The van der Waals surface area contributed by atoms with Crippen LogP contribution in [0.5, 0.6) is 0 Å². The van der Waals surface area contributed by atoms with E-state index < -0.39 is 5.60 Å². The van der Waals surface area contributed by atoms with Gasteiger partial charge in [0.1, 0.15) is 0 Å². The van der Waals surface area contributed by atoms with Crippen LogP contribution in [0, 0.1) is 5.92 Å². The Bertz CT molecular complexity index is 146. The van der Waals surface area contributed by atoms with E-state index in [9.17, 15) is 5.11 Å². The predicted molar refractivity (Wildman–Crippen MR) is 44.4 cm³/mol. The van der Waals surface area contributed by atoms with Crippen LogP contribution in [-0.2, 0) is 4.74 Å². The summed E-state index contributed by atoms with van der Waals surface area (Å²) in [6.45, 7) is 6.10. The molecule has 0 radical (unpaired) electrons. The van der Waals surface area contributed by atoms with Gasteiger partial charge < -0.3 is 9.84 Å². The van der Waals surface area contributed by atoms with Gasteiger partial charge in [0, 0.05) is 13.5 Å². The Morgan fingerprint density at radius 3 is 2.36 bits per heavy atom. The molecule has 1 fully saturated rings. The van der Waals surface area contributed by atoms with E-state index in [1.54, 1.807) is 7.11 Å². The van der Waals surface area contributed by atoms with E-state index in [4.69, 9.17) is 4.74 Å². The second-order valence-corrected chi connectivity index (χ2v) is 4.35. The fourth-order valence-corrected chi connectivity index (χ4v) is 1.53. The Morgan fingerprint density at radius 2 is 2.09 bits per heavy atom. The lowest BCUT2D eigenvalue weighted by molar-refractivity contribution is -0.0315. The maximum atomic E-state index is 9.78. The second-order valence-electron chi connectivity index (χ2n) is 4.35. The number of ether oxygens (including phenoxy) is 1. The minimum absolute atomic E-state index is 0.181. The van der Waals surface area contributed by atoms with Crippen molar-refractivity contribution in [3.8, 4) is 0 Å². The van der Waals surface area contributed by atoms with Gasteiger partial charge in [-0.3, -0.25) is 0 Å². The second kappa shape index (κ2) is 2.46. The minimum atomic E-state index is -0.431. The standard InChI is InChI=1S/C9H18O2/c1-7-5-9(7,10)6-8(2,3)11-4/h7,10H,5-6H2,1-4H3. The quantitative estimate of drug-likeness (QED) is 0.675. The molecule has 0 aromatic heterocycles. The first-order chi connectivity index (χ1) is 4.90. The summed E-state index contributed by atoms with van der Waals surface area (Å²) in [4.78, 5) is 0. The zero-order valence-corrected chi connectivity index (χ0v) is 7.85. The van der Waals surface area contributed by atoms with E-state index in [1.807, 2.05) is 13.8 Å². The van der Waals surface area contributed by atoms with Crippen molar-refractivity contribution in [2.24, 2.45) is 5.92 Å². The van der Waals surface area contributed by atoms with Crippen LogP contribution < -0.4 is 0 Å². The van der Waals surface area contributed by atoms with Crippen LogP contribution in [0.3, 0.4) is 0 Å². The Balaban J connectivity index is 2.43. The molecule has 66 valence electrons. The molecular formula is C9H18O2. The first kappa shape index (κ1) is 9.01. The largest absolute Gasteiger partial charge is 0.389 e. The van der Waals surface area contributed by atoms with E-state index in [2.05, 4.69) is 6.92 Å². The third-order valence-electron chi connectivity index (χ3n) is 2.70. The lowest BCUT2D eigenvalue weighted by atomic mass is 9.98. The van der Waals surface area contributed by atoms with E-state index in [1.165, 1.54) is 0 Å². The van der Waals surface area contributed by atoms with Gasteiger partial charge in [-0.1, -0.05) is 6.92 Å².